The van der Waals surface area contributed by atoms with E-state index in [0.29, 0.717) is 50.9 Å². The molecule has 7 aliphatic rings. The molecule has 0 radical (unpaired) electrons. The van der Waals surface area contributed by atoms with Crippen LogP contribution in [0.3, 0.4) is 0 Å². The Morgan fingerprint density at radius 3 is 2.58 bits per heavy atom. The highest BCUT2D eigenvalue weighted by atomic mass is 16.5. The van der Waals surface area contributed by atoms with E-state index < -0.39 is 58.3 Å². The van der Waals surface area contributed by atoms with Crippen LogP contribution in [-0.2, 0) is 9.53 Å². The number of hydrogen-bond acceptors (Lipinski definition) is 9. The number of nitrogens with two attached hydrogens (primary N) is 1. The number of aliphatic hydroxyl groups excluding tert-OH is 3. The van der Waals surface area contributed by atoms with Crippen molar-refractivity contribution in [2.45, 2.75) is 165 Å². The lowest BCUT2D eigenvalue weighted by Crippen LogP contribution is -2.64. The number of dihydropyridines is 1. The van der Waals surface area contributed by atoms with E-state index in [1.807, 2.05) is 18.4 Å². The number of ether oxygens (including phenoxy) is 1. The Bertz CT molecular complexity index is 1390. The van der Waals surface area contributed by atoms with E-state index in [2.05, 4.69) is 26.1 Å². The molecule has 2 heterocycles. The van der Waals surface area contributed by atoms with Gasteiger partial charge in [-0.25, -0.2) is 0 Å². The summed E-state index contributed by atoms with van der Waals surface area (Å²) >= 11 is 0. The third-order valence-electron chi connectivity index (χ3n) is 15.8. The van der Waals surface area contributed by atoms with Gasteiger partial charge in [0.2, 0.25) is 0 Å². The van der Waals surface area contributed by atoms with Crippen molar-refractivity contribution in [3.05, 3.63) is 35.6 Å². The van der Waals surface area contributed by atoms with E-state index in [4.69, 9.17) is 10.5 Å². The highest BCUT2D eigenvalue weighted by Crippen LogP contribution is 2.69. The van der Waals surface area contributed by atoms with E-state index >= 15 is 0 Å². The lowest BCUT2D eigenvalue weighted by Gasteiger charge is -2.62. The standard InChI is InChI=1S/C41H64N2O7/c1-5-6-24-7-10-26-23(2)36(50-33(26)11-8-24)37(47)39(4,48)34-15-18-41(49)28-19-30(44)29-20-31(45)32(46)21-40(29,27(28)14-16-38(34,41)3)17-13-25-9-12-35(42)43-22-25/h9,12,19,22-24,26-27,29,31-37,43,45-49H,5-8,10-11,13-18,20-21,42H2,1-4H3/t23-,24+,26-,27-,29-,31+,32-,33+,34-,35?,36+,37+,38+,39+,40+,41+/m0/s1. The molecule has 1 saturated heterocycles. The van der Waals surface area contributed by atoms with Gasteiger partial charge >= 0.3 is 0 Å². The second-order valence-electron chi connectivity index (χ2n) is 18.2. The van der Waals surface area contributed by atoms with Crippen LogP contribution in [-0.4, -0.2) is 79.2 Å². The molecule has 0 aromatic carbocycles. The van der Waals surface area contributed by atoms with Crippen LogP contribution in [0.5, 0.6) is 0 Å². The highest BCUT2D eigenvalue weighted by Gasteiger charge is 2.70. The van der Waals surface area contributed by atoms with Crippen molar-refractivity contribution in [1.82, 2.24) is 5.32 Å². The molecule has 1 unspecified atom stereocenters. The van der Waals surface area contributed by atoms with Crippen LogP contribution in [0.4, 0.5) is 0 Å². The van der Waals surface area contributed by atoms with E-state index in [-0.39, 0.29) is 36.3 Å². The van der Waals surface area contributed by atoms with Crippen LogP contribution in [0.1, 0.15) is 118 Å². The predicted octanol–water partition coefficient (Wildman–Crippen LogP) is 4.40. The molecule has 0 bridgehead atoms. The van der Waals surface area contributed by atoms with Crippen LogP contribution < -0.4 is 11.1 Å². The fourth-order valence-corrected chi connectivity index (χ4v) is 12.9. The van der Waals surface area contributed by atoms with Gasteiger partial charge in [-0.3, -0.25) is 4.79 Å². The third-order valence-corrected chi connectivity index (χ3v) is 15.8. The molecule has 0 aromatic heterocycles. The van der Waals surface area contributed by atoms with E-state index in [9.17, 15) is 30.3 Å². The van der Waals surface area contributed by atoms with Gasteiger partial charge in [0.15, 0.2) is 5.78 Å². The van der Waals surface area contributed by atoms with Gasteiger partial charge in [0, 0.05) is 17.5 Å². The average molecular weight is 697 g/mol. The molecule has 16 atom stereocenters. The molecule has 7 rings (SSSR count). The maximum Gasteiger partial charge on any atom is 0.159 e. The highest BCUT2D eigenvalue weighted by molar-refractivity contribution is 5.95. The molecule has 4 saturated carbocycles. The second-order valence-corrected chi connectivity index (χ2v) is 18.2. The van der Waals surface area contributed by atoms with Crippen LogP contribution in [0.2, 0.25) is 0 Å². The molecule has 5 fully saturated rings. The van der Waals surface area contributed by atoms with Crippen molar-refractivity contribution >= 4 is 5.78 Å². The minimum absolute atomic E-state index is 0.0867. The second kappa shape index (κ2) is 13.4. The molecular weight excluding hydrogens is 632 g/mol. The average Bonchev–Trinajstić information content (AvgIpc) is 3.46. The van der Waals surface area contributed by atoms with Gasteiger partial charge in [-0.05, 0) is 136 Å². The fourth-order valence-electron chi connectivity index (χ4n) is 12.9. The smallest absolute Gasteiger partial charge is 0.159 e. The summed E-state index contributed by atoms with van der Waals surface area (Å²) in [5.41, 5.74) is 3.51. The van der Waals surface area contributed by atoms with E-state index in [0.717, 1.165) is 36.3 Å². The normalized spacial score (nSPS) is 48.9. The van der Waals surface area contributed by atoms with Gasteiger partial charge in [-0.1, -0.05) is 46.1 Å². The maximum absolute atomic E-state index is 14.1. The van der Waals surface area contributed by atoms with E-state index in [1.165, 1.54) is 19.3 Å². The molecule has 280 valence electrons. The molecule has 2 aliphatic heterocycles. The first-order valence-electron chi connectivity index (χ1n) is 20.0. The molecule has 5 aliphatic carbocycles. The Labute approximate surface area is 298 Å². The topological polar surface area (TPSA) is 166 Å². The van der Waals surface area contributed by atoms with Gasteiger partial charge in [-0.15, -0.1) is 0 Å². The number of aliphatic hydroxyl groups is 5. The summed E-state index contributed by atoms with van der Waals surface area (Å²) in [5, 5.41) is 62.5. The summed E-state index contributed by atoms with van der Waals surface area (Å²) in [6.45, 7) is 8.23. The van der Waals surface area contributed by atoms with Crippen molar-refractivity contribution in [2.75, 3.05) is 0 Å². The zero-order valence-electron chi connectivity index (χ0n) is 30.8. The minimum Gasteiger partial charge on any atom is -0.390 e. The molecule has 9 heteroatoms. The molecule has 0 spiro atoms. The summed E-state index contributed by atoms with van der Waals surface area (Å²) in [6, 6.07) is 0. The Morgan fingerprint density at radius 1 is 1.10 bits per heavy atom. The summed E-state index contributed by atoms with van der Waals surface area (Å²) in [7, 11) is 0. The Balaban J connectivity index is 1.15. The Morgan fingerprint density at radius 2 is 1.86 bits per heavy atom. The number of hydrogen-bond donors (Lipinski definition) is 7. The lowest BCUT2D eigenvalue weighted by molar-refractivity contribution is -0.199. The molecule has 50 heavy (non-hydrogen) atoms. The maximum atomic E-state index is 14.1. The zero-order valence-corrected chi connectivity index (χ0v) is 30.8. The van der Waals surface area contributed by atoms with Crippen molar-refractivity contribution in [3.63, 3.8) is 0 Å². The van der Waals surface area contributed by atoms with Gasteiger partial charge in [0.25, 0.3) is 0 Å². The quantitative estimate of drug-likeness (QED) is 0.195. The first kappa shape index (κ1) is 36.8. The first-order chi connectivity index (χ1) is 23.7. The number of carbonyl (C=O) groups is 1. The largest absolute Gasteiger partial charge is 0.390 e. The number of fused-ring (bicyclic) bond motifs is 6. The Hall–Kier alpha value is -1.59. The SMILES string of the molecule is CCC[C@@H]1CC[C@H]2[C@H](C)[C@H]([C@@H](O)[C@](C)(O)[C@H]3CC[C@@]4(O)C5=CC(=O)[C@@H]6C[C@@H](O)[C@@H](O)C[C@]6(CCC6=CNC(N)C=C6)[C@H]5CC[C@]34C)O[C@@H]2CC1. The fraction of sp³-hybridized carbons (Fsp3) is 0.829. The van der Waals surface area contributed by atoms with E-state index in [1.54, 1.807) is 13.0 Å². The van der Waals surface area contributed by atoms with Crippen LogP contribution in [0, 0.1) is 46.3 Å². The third kappa shape index (κ3) is 5.71. The van der Waals surface area contributed by atoms with Crippen molar-refractivity contribution in [2.24, 2.45) is 52.1 Å². The number of carbonyl (C=O) groups excluding carboxylic acids is 1. The van der Waals surface area contributed by atoms with Crippen molar-refractivity contribution in [1.29, 1.82) is 0 Å². The predicted molar refractivity (Wildman–Crippen MR) is 191 cm³/mol. The number of allylic oxidation sites excluding steroid dienone is 3. The Kier molecular flexibility index (Phi) is 9.82. The molecule has 8 N–H and O–H groups in total. The minimum atomic E-state index is -1.52. The lowest BCUT2D eigenvalue weighted by atomic mass is 9.44. The van der Waals surface area contributed by atoms with Gasteiger partial charge in [0.1, 0.15) is 6.10 Å². The summed E-state index contributed by atoms with van der Waals surface area (Å²) in [4.78, 5) is 14.1. The summed E-state index contributed by atoms with van der Waals surface area (Å²) in [5.74, 6) is 0.142. The zero-order chi connectivity index (χ0) is 35.8. The number of rotatable bonds is 8. The van der Waals surface area contributed by atoms with Crippen LogP contribution in [0.15, 0.2) is 35.6 Å². The van der Waals surface area contributed by atoms with Crippen molar-refractivity contribution < 1.29 is 35.1 Å². The van der Waals surface area contributed by atoms with Gasteiger partial charge < -0.3 is 41.3 Å². The molecule has 0 amide bonds. The van der Waals surface area contributed by atoms with Crippen molar-refractivity contribution in [3.8, 4) is 0 Å². The van der Waals surface area contributed by atoms with Crippen LogP contribution in [0.25, 0.3) is 0 Å². The first-order valence-corrected chi connectivity index (χ1v) is 20.0. The molecule has 0 aromatic rings. The number of ketones is 1. The monoisotopic (exact) mass is 696 g/mol. The molecular formula is C41H64N2O7. The van der Waals surface area contributed by atoms with Crippen LogP contribution >= 0.6 is 0 Å². The summed E-state index contributed by atoms with van der Waals surface area (Å²) in [6.07, 6.45) is 14.8. The van der Waals surface area contributed by atoms with Gasteiger partial charge in [0.05, 0.1) is 41.8 Å². The molecule has 9 nitrogen and oxygen atoms in total. The van der Waals surface area contributed by atoms with Gasteiger partial charge in [-0.2, -0.15) is 0 Å². The number of nitrogens with one attached hydrogen (secondary N) is 1. The summed E-state index contributed by atoms with van der Waals surface area (Å²) < 4.78 is 6.67.